The number of carbonyl (C=O) groups is 2. The van der Waals surface area contributed by atoms with E-state index < -0.39 is 5.41 Å². The molecule has 1 atom stereocenters. The molecule has 0 aromatic heterocycles. The molecule has 0 saturated carbocycles. The largest absolute Gasteiger partial charge is 0.381 e. The molecule has 0 radical (unpaired) electrons. The van der Waals surface area contributed by atoms with Crippen molar-refractivity contribution in [2.45, 2.75) is 41.1 Å². The number of nitrogens with two attached hydrogens (primary N) is 1. The van der Waals surface area contributed by atoms with Gasteiger partial charge in [0.05, 0.1) is 17.3 Å². The predicted octanol–water partition coefficient (Wildman–Crippen LogP) is 3.65. The van der Waals surface area contributed by atoms with Crippen molar-refractivity contribution >= 4 is 29.4 Å². The maximum atomic E-state index is 12.6. The Bertz CT molecular complexity index is 1000. The zero-order chi connectivity index (χ0) is 22.7. The fourth-order valence-electron chi connectivity index (χ4n) is 4.22. The van der Waals surface area contributed by atoms with Gasteiger partial charge in [0.25, 0.3) is 0 Å². The smallest absolute Gasteiger partial charge is 0.340 e. The zero-order valence-corrected chi connectivity index (χ0v) is 18.9. The van der Waals surface area contributed by atoms with E-state index in [-0.39, 0.29) is 18.1 Å². The summed E-state index contributed by atoms with van der Waals surface area (Å²) < 4.78 is 5.46. The Morgan fingerprint density at radius 3 is 2.62 bits per heavy atom. The number of hydrogen-bond acceptors (Lipinski definition) is 5. The second-order valence-electron chi connectivity index (χ2n) is 8.05. The summed E-state index contributed by atoms with van der Waals surface area (Å²) in [7, 11) is 0. The van der Waals surface area contributed by atoms with E-state index in [1.165, 1.54) is 0 Å². The van der Waals surface area contributed by atoms with Crippen LogP contribution in [0.4, 0.5) is 10.5 Å². The number of anilines is 1. The summed E-state index contributed by atoms with van der Waals surface area (Å²) in [5.41, 5.74) is 10.0. The molecule has 2 saturated heterocycles. The van der Waals surface area contributed by atoms with Crippen molar-refractivity contribution in [2.75, 3.05) is 24.8 Å². The van der Waals surface area contributed by atoms with Crippen LogP contribution in [0.3, 0.4) is 0 Å². The number of hydrogen-bond donors (Lipinski definition) is 2. The molecule has 2 aliphatic rings. The number of rotatable bonds is 7. The normalized spacial score (nSPS) is 20.4. The van der Waals surface area contributed by atoms with Gasteiger partial charge in [0.15, 0.2) is 0 Å². The Labute approximate surface area is 192 Å². The van der Waals surface area contributed by atoms with Crippen LogP contribution in [0.1, 0.15) is 25.3 Å². The number of benzene rings is 2. The maximum Gasteiger partial charge on any atom is 0.340 e. The minimum Gasteiger partial charge on any atom is -0.381 e. The Morgan fingerprint density at radius 2 is 1.97 bits per heavy atom. The van der Waals surface area contributed by atoms with Crippen molar-refractivity contribution in [1.29, 1.82) is 0 Å². The fourth-order valence-corrected chi connectivity index (χ4v) is 5.10. The van der Waals surface area contributed by atoms with E-state index >= 15 is 0 Å². The van der Waals surface area contributed by atoms with Gasteiger partial charge < -0.3 is 15.4 Å². The van der Waals surface area contributed by atoms with Crippen LogP contribution in [0.5, 0.6) is 0 Å². The summed E-state index contributed by atoms with van der Waals surface area (Å²) in [6, 6.07) is 15.7. The number of ether oxygens (including phenoxy) is 1. The summed E-state index contributed by atoms with van der Waals surface area (Å²) in [5, 5.41) is 1.56. The molecule has 2 heterocycles. The first-order valence-corrected chi connectivity index (χ1v) is 11.5. The molecule has 3 amide bonds. The topological polar surface area (TPSA) is 87.9 Å². The van der Waals surface area contributed by atoms with Gasteiger partial charge >= 0.3 is 6.03 Å². The highest BCUT2D eigenvalue weighted by atomic mass is 32.2. The number of hydrazine groups is 1. The highest BCUT2D eigenvalue weighted by Crippen LogP contribution is 2.38. The van der Waals surface area contributed by atoms with Gasteiger partial charge in [0.2, 0.25) is 5.91 Å². The minimum absolute atomic E-state index is 0.0972. The lowest BCUT2D eigenvalue weighted by molar-refractivity contribution is -0.127. The molecule has 2 aliphatic heterocycles. The third kappa shape index (κ3) is 4.26. The molecular weight excluding hydrogens is 424 g/mol. The van der Waals surface area contributed by atoms with Crippen LogP contribution < -0.4 is 16.2 Å². The lowest BCUT2D eigenvalue weighted by atomic mass is 9.73. The van der Waals surface area contributed by atoms with Crippen LogP contribution in [0.2, 0.25) is 0 Å². The molecule has 4 rings (SSSR count). The van der Waals surface area contributed by atoms with E-state index in [4.69, 9.17) is 10.5 Å². The second-order valence-corrected chi connectivity index (χ2v) is 9.19. The molecule has 8 heteroatoms. The first kappa shape index (κ1) is 22.4. The zero-order valence-electron chi connectivity index (χ0n) is 18.1. The molecule has 1 unspecified atom stereocenters. The van der Waals surface area contributed by atoms with E-state index in [1.54, 1.807) is 27.7 Å². The number of amides is 3. The van der Waals surface area contributed by atoms with E-state index in [2.05, 4.69) is 18.1 Å². The number of nitrogens with zero attached hydrogens (tertiary/aromatic N) is 2. The lowest BCUT2D eigenvalue weighted by Gasteiger charge is -2.34. The number of urea groups is 1. The third-order valence-corrected chi connectivity index (χ3v) is 7.08. The average molecular weight is 453 g/mol. The summed E-state index contributed by atoms with van der Waals surface area (Å²) in [6.45, 7) is 7.22. The fraction of sp³-hybridized carbons (Fsp3) is 0.333. The molecule has 0 spiro atoms. The predicted molar refractivity (Wildman–Crippen MR) is 125 cm³/mol. The maximum absolute atomic E-state index is 12.6. The molecular formula is C24H28N4O3S. The Balaban J connectivity index is 1.50. The van der Waals surface area contributed by atoms with Crippen molar-refractivity contribution in [2.24, 2.45) is 5.73 Å². The van der Waals surface area contributed by atoms with Crippen LogP contribution in [-0.2, 0) is 14.9 Å². The van der Waals surface area contributed by atoms with Crippen molar-refractivity contribution in [1.82, 2.24) is 10.3 Å². The molecule has 0 bridgehead atoms. The molecule has 32 heavy (non-hydrogen) atoms. The van der Waals surface area contributed by atoms with E-state index in [1.807, 2.05) is 49.4 Å². The first-order valence-electron chi connectivity index (χ1n) is 10.7. The van der Waals surface area contributed by atoms with E-state index in [0.29, 0.717) is 32.6 Å². The van der Waals surface area contributed by atoms with Gasteiger partial charge in [-0.05, 0) is 61.7 Å². The number of nitrogens with one attached hydrogen (secondary N) is 1. The Morgan fingerprint density at radius 1 is 1.25 bits per heavy atom. The van der Waals surface area contributed by atoms with Crippen LogP contribution in [-0.4, -0.2) is 42.8 Å². The van der Waals surface area contributed by atoms with E-state index in [9.17, 15) is 9.59 Å². The molecule has 2 fully saturated rings. The van der Waals surface area contributed by atoms with Crippen LogP contribution in [0, 0.1) is 0 Å². The number of carbonyl (C=O) groups excluding carboxylic acids is 2. The summed E-state index contributed by atoms with van der Waals surface area (Å²) in [5.74, 6) is -0.296. The molecule has 2 aromatic carbocycles. The van der Waals surface area contributed by atoms with Gasteiger partial charge in [0, 0.05) is 29.5 Å². The van der Waals surface area contributed by atoms with Crippen LogP contribution >= 0.6 is 11.8 Å². The summed E-state index contributed by atoms with van der Waals surface area (Å²) >= 11 is 1.61. The molecule has 168 valence electrons. The Hall–Kier alpha value is -2.81. The van der Waals surface area contributed by atoms with Crippen molar-refractivity contribution in [3.8, 4) is 0 Å². The first-order chi connectivity index (χ1) is 15.4. The van der Waals surface area contributed by atoms with Crippen LogP contribution in [0.15, 0.2) is 71.0 Å². The highest BCUT2D eigenvalue weighted by Gasteiger charge is 2.40. The van der Waals surface area contributed by atoms with Crippen molar-refractivity contribution in [3.05, 3.63) is 66.7 Å². The molecule has 3 N–H and O–H groups in total. The third-order valence-electron chi connectivity index (χ3n) is 6.08. The average Bonchev–Trinajstić information content (AvgIpc) is 3.09. The van der Waals surface area contributed by atoms with Gasteiger partial charge in [-0.25, -0.2) is 15.2 Å². The molecule has 0 aliphatic carbocycles. The summed E-state index contributed by atoms with van der Waals surface area (Å²) in [6.07, 6.45) is 2.82. The standard InChI is InChI=1S/C24H28N4O3S/c1-3-13-27-17(2)26-28(23(27)30)19-7-9-20(10-8-19)32-21-6-4-5-18(16-21)24(22(25)29)11-14-31-15-12-24/h3-10,16-17,26H,1,11-15H2,2H3,(H2,25,29). The van der Waals surface area contributed by atoms with Crippen LogP contribution in [0.25, 0.3) is 0 Å². The summed E-state index contributed by atoms with van der Waals surface area (Å²) in [4.78, 5) is 28.8. The molecule has 7 nitrogen and oxygen atoms in total. The van der Waals surface area contributed by atoms with E-state index in [0.717, 1.165) is 21.0 Å². The van der Waals surface area contributed by atoms with Crippen molar-refractivity contribution in [3.63, 3.8) is 0 Å². The van der Waals surface area contributed by atoms with Crippen molar-refractivity contribution < 1.29 is 14.3 Å². The van der Waals surface area contributed by atoms with Gasteiger partial charge in [0.1, 0.15) is 0 Å². The Kier molecular flexibility index (Phi) is 6.55. The highest BCUT2D eigenvalue weighted by molar-refractivity contribution is 7.99. The monoisotopic (exact) mass is 452 g/mol. The molecule has 2 aromatic rings. The van der Waals surface area contributed by atoms with Gasteiger partial charge in [-0.1, -0.05) is 30.0 Å². The number of primary amides is 1. The van der Waals surface area contributed by atoms with Gasteiger partial charge in [-0.2, -0.15) is 0 Å². The minimum atomic E-state index is -0.672. The second kappa shape index (κ2) is 9.36. The quantitative estimate of drug-likeness (QED) is 0.626. The SMILES string of the molecule is C=CCN1C(=O)N(c2ccc(Sc3cccc(C4(C(N)=O)CCOCC4)c3)cc2)NC1C. The van der Waals surface area contributed by atoms with Gasteiger partial charge in [-0.15, -0.1) is 6.58 Å². The lowest BCUT2D eigenvalue weighted by Crippen LogP contribution is -2.45. The van der Waals surface area contributed by atoms with Gasteiger partial charge in [-0.3, -0.25) is 4.79 Å².